The van der Waals surface area contributed by atoms with Gasteiger partial charge in [-0.15, -0.1) is 0 Å². The van der Waals surface area contributed by atoms with Crippen LogP contribution in [0.5, 0.6) is 0 Å². The van der Waals surface area contributed by atoms with Crippen LogP contribution >= 0.6 is 0 Å². The molecule has 13 heavy (non-hydrogen) atoms. The van der Waals surface area contributed by atoms with Gasteiger partial charge in [-0.05, 0) is 24.6 Å². The Kier molecular flexibility index (Phi) is 1.85. The van der Waals surface area contributed by atoms with E-state index in [1.165, 1.54) is 0 Å². The summed E-state index contributed by atoms with van der Waals surface area (Å²) in [6.07, 6.45) is 3.34. The van der Waals surface area contributed by atoms with Crippen LogP contribution in [0.3, 0.4) is 0 Å². The van der Waals surface area contributed by atoms with Crippen LogP contribution in [0.25, 0.3) is 0 Å². The second-order valence-electron chi connectivity index (χ2n) is 3.10. The number of hydrogen-bond donors (Lipinski definition) is 0. The summed E-state index contributed by atoms with van der Waals surface area (Å²) in [6.45, 7) is 2.61. The number of aromatic nitrogens is 1. The van der Waals surface area contributed by atoms with Crippen molar-refractivity contribution in [2.45, 2.75) is 6.92 Å². The van der Waals surface area contributed by atoms with Crippen molar-refractivity contribution in [3.8, 4) is 0 Å². The predicted molar refractivity (Wildman–Crippen MR) is 50.3 cm³/mol. The second kappa shape index (κ2) is 3.01. The molecule has 0 saturated heterocycles. The van der Waals surface area contributed by atoms with Crippen molar-refractivity contribution < 1.29 is 4.79 Å². The van der Waals surface area contributed by atoms with Crippen LogP contribution in [-0.2, 0) is 4.79 Å². The van der Waals surface area contributed by atoms with Crippen LogP contribution in [0.15, 0.2) is 36.0 Å². The third-order valence-corrected chi connectivity index (χ3v) is 1.97. The molecule has 0 aromatic carbocycles. The van der Waals surface area contributed by atoms with Gasteiger partial charge in [0.1, 0.15) is 5.82 Å². The maximum atomic E-state index is 11.4. The number of hydrogen-bond acceptors (Lipinski definition) is 2. The summed E-state index contributed by atoms with van der Waals surface area (Å²) < 4.78 is 0. The highest BCUT2D eigenvalue weighted by molar-refractivity contribution is 6.04. The van der Waals surface area contributed by atoms with Crippen LogP contribution < -0.4 is 4.90 Å². The molecular formula is C10H10N2O. The van der Waals surface area contributed by atoms with E-state index in [0.29, 0.717) is 6.54 Å². The number of rotatable bonds is 1. The number of carbonyl (C=O) groups is 1. The zero-order chi connectivity index (χ0) is 9.26. The summed E-state index contributed by atoms with van der Waals surface area (Å²) >= 11 is 0. The second-order valence-corrected chi connectivity index (χ2v) is 3.10. The van der Waals surface area contributed by atoms with Crippen molar-refractivity contribution in [2.75, 3.05) is 11.4 Å². The van der Waals surface area contributed by atoms with Gasteiger partial charge < -0.3 is 0 Å². The summed E-state index contributed by atoms with van der Waals surface area (Å²) in [6, 6.07) is 5.55. The maximum absolute atomic E-state index is 11.4. The molecule has 66 valence electrons. The van der Waals surface area contributed by atoms with Gasteiger partial charge in [-0.1, -0.05) is 6.07 Å². The lowest BCUT2D eigenvalue weighted by atomic mass is 10.3. The van der Waals surface area contributed by atoms with Crippen LogP contribution in [0.2, 0.25) is 0 Å². The normalized spacial score (nSPS) is 16.2. The fraction of sp³-hybridized carbons (Fsp3) is 0.200. The van der Waals surface area contributed by atoms with E-state index in [0.717, 1.165) is 11.4 Å². The molecule has 0 aliphatic carbocycles. The molecule has 1 amide bonds. The Balaban J connectivity index is 2.26. The Morgan fingerprint density at radius 2 is 2.31 bits per heavy atom. The highest BCUT2D eigenvalue weighted by Gasteiger charge is 2.20. The molecule has 0 saturated carbocycles. The number of carbonyl (C=O) groups excluding carboxylic acids is 1. The SMILES string of the molecule is CC1=CC(=O)N(c2ccccn2)C1. The van der Waals surface area contributed by atoms with E-state index in [1.54, 1.807) is 17.2 Å². The standard InChI is InChI=1S/C10H10N2O/c1-8-6-10(13)12(7-8)9-4-2-3-5-11-9/h2-6H,7H2,1H3. The molecule has 0 unspecified atom stereocenters. The Labute approximate surface area is 76.7 Å². The monoisotopic (exact) mass is 174 g/mol. The third-order valence-electron chi connectivity index (χ3n) is 1.97. The molecule has 0 atom stereocenters. The minimum Gasteiger partial charge on any atom is -0.289 e. The summed E-state index contributed by atoms with van der Waals surface area (Å²) in [7, 11) is 0. The van der Waals surface area contributed by atoms with Crippen molar-refractivity contribution >= 4 is 11.7 Å². The molecule has 3 heteroatoms. The van der Waals surface area contributed by atoms with Crippen molar-refractivity contribution in [2.24, 2.45) is 0 Å². The molecule has 0 N–H and O–H groups in total. The van der Waals surface area contributed by atoms with E-state index in [4.69, 9.17) is 0 Å². The number of nitrogens with zero attached hydrogens (tertiary/aromatic N) is 2. The number of anilines is 1. The quantitative estimate of drug-likeness (QED) is 0.644. The van der Waals surface area contributed by atoms with Crippen LogP contribution in [0.1, 0.15) is 6.92 Å². The molecular weight excluding hydrogens is 164 g/mol. The first-order chi connectivity index (χ1) is 6.27. The van der Waals surface area contributed by atoms with Crippen molar-refractivity contribution in [3.05, 3.63) is 36.0 Å². The predicted octanol–water partition coefficient (Wildman–Crippen LogP) is 1.37. The molecule has 0 fully saturated rings. The summed E-state index contributed by atoms with van der Waals surface area (Å²) in [5.74, 6) is 0.747. The minimum absolute atomic E-state index is 0.0243. The average molecular weight is 174 g/mol. The van der Waals surface area contributed by atoms with E-state index in [2.05, 4.69) is 4.98 Å². The van der Waals surface area contributed by atoms with Gasteiger partial charge >= 0.3 is 0 Å². The maximum Gasteiger partial charge on any atom is 0.252 e. The Bertz CT molecular complexity index is 356. The fourth-order valence-electron chi connectivity index (χ4n) is 1.37. The van der Waals surface area contributed by atoms with E-state index in [1.807, 2.05) is 25.1 Å². The summed E-state index contributed by atoms with van der Waals surface area (Å²) in [5, 5.41) is 0. The topological polar surface area (TPSA) is 33.2 Å². The first-order valence-corrected chi connectivity index (χ1v) is 4.17. The third kappa shape index (κ3) is 1.45. The minimum atomic E-state index is 0.0243. The molecule has 2 rings (SSSR count). The lowest BCUT2D eigenvalue weighted by molar-refractivity contribution is -0.113. The largest absolute Gasteiger partial charge is 0.289 e. The molecule has 0 bridgehead atoms. The fourth-order valence-corrected chi connectivity index (χ4v) is 1.37. The Morgan fingerprint density at radius 3 is 2.85 bits per heavy atom. The van der Waals surface area contributed by atoms with Gasteiger partial charge in [-0.3, -0.25) is 9.69 Å². The van der Waals surface area contributed by atoms with Crippen molar-refractivity contribution in [1.29, 1.82) is 0 Å². The highest BCUT2D eigenvalue weighted by atomic mass is 16.2. The first kappa shape index (κ1) is 7.98. The first-order valence-electron chi connectivity index (χ1n) is 4.17. The Hall–Kier alpha value is -1.64. The zero-order valence-corrected chi connectivity index (χ0v) is 7.40. The van der Waals surface area contributed by atoms with Crippen LogP contribution in [0.4, 0.5) is 5.82 Å². The average Bonchev–Trinajstić information content (AvgIpc) is 2.47. The molecule has 3 nitrogen and oxygen atoms in total. The molecule has 0 spiro atoms. The summed E-state index contributed by atoms with van der Waals surface area (Å²) in [4.78, 5) is 17.2. The molecule has 1 aliphatic rings. The smallest absolute Gasteiger partial charge is 0.252 e. The zero-order valence-electron chi connectivity index (χ0n) is 7.40. The van der Waals surface area contributed by atoms with Gasteiger partial charge in [0.15, 0.2) is 0 Å². The molecule has 1 aliphatic heterocycles. The van der Waals surface area contributed by atoms with Gasteiger partial charge in [0.25, 0.3) is 5.91 Å². The molecule has 1 aromatic heterocycles. The molecule has 0 radical (unpaired) electrons. The van der Waals surface area contributed by atoms with E-state index in [-0.39, 0.29) is 5.91 Å². The van der Waals surface area contributed by atoms with Crippen LogP contribution in [-0.4, -0.2) is 17.4 Å². The highest BCUT2D eigenvalue weighted by Crippen LogP contribution is 2.17. The van der Waals surface area contributed by atoms with Gasteiger partial charge in [0, 0.05) is 18.8 Å². The van der Waals surface area contributed by atoms with Crippen molar-refractivity contribution in [3.63, 3.8) is 0 Å². The lowest BCUT2D eigenvalue weighted by Gasteiger charge is -2.14. The van der Waals surface area contributed by atoms with Gasteiger partial charge in [0.05, 0.1) is 0 Å². The lowest BCUT2D eigenvalue weighted by Crippen LogP contribution is -2.25. The van der Waals surface area contributed by atoms with Crippen LogP contribution in [0, 0.1) is 0 Å². The molecule has 1 aromatic rings. The van der Waals surface area contributed by atoms with E-state index in [9.17, 15) is 4.79 Å². The summed E-state index contributed by atoms with van der Waals surface area (Å²) in [5.41, 5.74) is 1.08. The Morgan fingerprint density at radius 1 is 1.46 bits per heavy atom. The van der Waals surface area contributed by atoms with Gasteiger partial charge in [0.2, 0.25) is 0 Å². The molecule has 2 heterocycles. The number of amides is 1. The number of pyridine rings is 1. The van der Waals surface area contributed by atoms with Gasteiger partial charge in [-0.2, -0.15) is 0 Å². The van der Waals surface area contributed by atoms with E-state index >= 15 is 0 Å². The van der Waals surface area contributed by atoms with Crippen molar-refractivity contribution in [1.82, 2.24) is 4.98 Å². The van der Waals surface area contributed by atoms with E-state index < -0.39 is 0 Å². The van der Waals surface area contributed by atoms with Gasteiger partial charge in [-0.25, -0.2) is 4.98 Å².